The number of amides is 2. The van der Waals surface area contributed by atoms with Crippen LogP contribution in [0.2, 0.25) is 0 Å². The van der Waals surface area contributed by atoms with Gasteiger partial charge >= 0.3 is 0 Å². The van der Waals surface area contributed by atoms with Crippen molar-refractivity contribution in [1.82, 2.24) is 10.2 Å². The molecule has 114 valence electrons. The van der Waals surface area contributed by atoms with Gasteiger partial charge in [-0.3, -0.25) is 9.59 Å². The molecule has 2 rings (SSSR count). The summed E-state index contributed by atoms with van der Waals surface area (Å²) >= 11 is 0. The second-order valence-corrected chi connectivity index (χ2v) is 7.04. The number of carbonyl (C=O) groups excluding carboxylic acids is 2. The first kappa shape index (κ1) is 15.5. The minimum absolute atomic E-state index is 0.0565. The van der Waals surface area contributed by atoms with Crippen LogP contribution in [0.25, 0.3) is 0 Å². The maximum absolute atomic E-state index is 12.6. The normalized spacial score (nSPS) is 16.2. The quantitative estimate of drug-likeness (QED) is 0.878. The molecule has 0 aliphatic carbocycles. The molecule has 0 spiro atoms. The number of hydrogen-bond acceptors (Lipinski definition) is 4. The van der Waals surface area contributed by atoms with Crippen molar-refractivity contribution in [3.05, 3.63) is 29.8 Å². The Hall–Kier alpha value is -1.89. The Morgan fingerprint density at radius 2 is 2.00 bits per heavy atom. The molecule has 0 aromatic heterocycles. The van der Waals surface area contributed by atoms with E-state index in [1.807, 2.05) is 0 Å². The van der Waals surface area contributed by atoms with Crippen LogP contribution in [-0.4, -0.2) is 50.5 Å². The molecule has 1 saturated heterocycles. The minimum Gasteiger partial charge on any atom is -0.354 e. The summed E-state index contributed by atoms with van der Waals surface area (Å²) in [6, 6.07) is 6.22. The Bertz CT molecular complexity index is 655. The molecule has 1 fully saturated rings. The predicted octanol–water partition coefficient (Wildman–Crippen LogP) is 0.442. The molecule has 0 radical (unpaired) electrons. The van der Waals surface area contributed by atoms with E-state index in [0.29, 0.717) is 19.6 Å². The predicted molar refractivity (Wildman–Crippen MR) is 77.7 cm³/mol. The standard InChI is InChI=1S/C14H18N2O4S/c1-2-21(19,20)12-6-4-3-5-11(12)14(18)16-9-7-13(17)15-8-10-16/h3-6H,2,7-10H2,1H3,(H,15,17). The van der Waals surface area contributed by atoms with Crippen LogP contribution in [-0.2, 0) is 14.6 Å². The third-order valence-corrected chi connectivity index (χ3v) is 5.22. The summed E-state index contributed by atoms with van der Waals surface area (Å²) in [4.78, 5) is 25.5. The number of nitrogens with zero attached hydrogens (tertiary/aromatic N) is 1. The SMILES string of the molecule is CCS(=O)(=O)c1ccccc1C(=O)N1CCNC(=O)CC1. The molecule has 6 nitrogen and oxygen atoms in total. The van der Waals surface area contributed by atoms with Gasteiger partial charge in [-0.15, -0.1) is 0 Å². The molecule has 2 amide bonds. The topological polar surface area (TPSA) is 83.6 Å². The lowest BCUT2D eigenvalue weighted by Gasteiger charge is -2.21. The van der Waals surface area contributed by atoms with Crippen LogP contribution in [0.4, 0.5) is 0 Å². The third kappa shape index (κ3) is 3.41. The third-order valence-electron chi connectivity index (χ3n) is 3.43. The van der Waals surface area contributed by atoms with E-state index in [9.17, 15) is 18.0 Å². The van der Waals surface area contributed by atoms with Crippen molar-refractivity contribution in [3.63, 3.8) is 0 Å². The fraction of sp³-hybridized carbons (Fsp3) is 0.429. The van der Waals surface area contributed by atoms with E-state index in [1.165, 1.54) is 17.0 Å². The summed E-state index contributed by atoms with van der Waals surface area (Å²) in [5.41, 5.74) is 0.175. The summed E-state index contributed by atoms with van der Waals surface area (Å²) in [5, 5.41) is 2.69. The number of benzene rings is 1. The van der Waals surface area contributed by atoms with Gasteiger partial charge in [-0.25, -0.2) is 8.42 Å². The van der Waals surface area contributed by atoms with Gasteiger partial charge < -0.3 is 10.2 Å². The highest BCUT2D eigenvalue weighted by Gasteiger charge is 2.25. The van der Waals surface area contributed by atoms with Crippen molar-refractivity contribution in [3.8, 4) is 0 Å². The van der Waals surface area contributed by atoms with Gasteiger partial charge in [-0.05, 0) is 12.1 Å². The smallest absolute Gasteiger partial charge is 0.255 e. The molecular formula is C14H18N2O4S. The molecule has 0 atom stereocenters. The van der Waals surface area contributed by atoms with E-state index < -0.39 is 9.84 Å². The van der Waals surface area contributed by atoms with Crippen LogP contribution in [0.5, 0.6) is 0 Å². The lowest BCUT2D eigenvalue weighted by molar-refractivity contribution is -0.120. The molecule has 1 aliphatic heterocycles. The molecule has 0 saturated carbocycles. The molecule has 21 heavy (non-hydrogen) atoms. The van der Waals surface area contributed by atoms with E-state index in [1.54, 1.807) is 19.1 Å². The first-order chi connectivity index (χ1) is 9.95. The summed E-state index contributed by atoms with van der Waals surface area (Å²) < 4.78 is 24.2. The molecular weight excluding hydrogens is 292 g/mol. The average molecular weight is 310 g/mol. The molecule has 7 heteroatoms. The number of sulfone groups is 1. The number of rotatable bonds is 3. The van der Waals surface area contributed by atoms with Gasteiger partial charge in [0.05, 0.1) is 16.2 Å². The Morgan fingerprint density at radius 1 is 1.29 bits per heavy atom. The maximum Gasteiger partial charge on any atom is 0.255 e. The fourth-order valence-corrected chi connectivity index (χ4v) is 3.30. The Kier molecular flexibility index (Phi) is 4.62. The zero-order valence-electron chi connectivity index (χ0n) is 11.8. The summed E-state index contributed by atoms with van der Waals surface area (Å²) in [5.74, 6) is -0.504. The highest BCUT2D eigenvalue weighted by Crippen LogP contribution is 2.19. The van der Waals surface area contributed by atoms with Crippen molar-refractivity contribution in [1.29, 1.82) is 0 Å². The van der Waals surface area contributed by atoms with Gasteiger partial charge in [0, 0.05) is 26.1 Å². The molecule has 1 N–H and O–H groups in total. The van der Waals surface area contributed by atoms with Crippen molar-refractivity contribution >= 4 is 21.7 Å². The highest BCUT2D eigenvalue weighted by molar-refractivity contribution is 7.91. The van der Waals surface area contributed by atoms with Crippen molar-refractivity contribution in [2.75, 3.05) is 25.4 Å². The summed E-state index contributed by atoms with van der Waals surface area (Å²) in [6.45, 7) is 2.61. The average Bonchev–Trinajstić information content (AvgIpc) is 2.71. The lowest BCUT2D eigenvalue weighted by atomic mass is 10.2. The van der Waals surface area contributed by atoms with Crippen LogP contribution in [0.3, 0.4) is 0 Å². The number of carbonyl (C=O) groups is 2. The minimum atomic E-state index is -3.46. The van der Waals surface area contributed by atoms with E-state index in [0.717, 1.165) is 0 Å². The Labute approximate surface area is 124 Å². The maximum atomic E-state index is 12.6. The first-order valence-corrected chi connectivity index (χ1v) is 8.48. The molecule has 1 aromatic rings. The Morgan fingerprint density at radius 3 is 2.71 bits per heavy atom. The zero-order chi connectivity index (χ0) is 15.5. The lowest BCUT2D eigenvalue weighted by Crippen LogP contribution is -2.35. The van der Waals surface area contributed by atoms with Crippen LogP contribution in [0.1, 0.15) is 23.7 Å². The number of hydrogen-bond donors (Lipinski definition) is 1. The zero-order valence-corrected chi connectivity index (χ0v) is 12.6. The van der Waals surface area contributed by atoms with Crippen LogP contribution in [0, 0.1) is 0 Å². The summed E-state index contributed by atoms with van der Waals surface area (Å²) in [7, 11) is -3.46. The molecule has 1 aromatic carbocycles. The van der Waals surface area contributed by atoms with E-state index >= 15 is 0 Å². The van der Waals surface area contributed by atoms with Gasteiger partial charge in [0.25, 0.3) is 5.91 Å². The van der Waals surface area contributed by atoms with E-state index in [4.69, 9.17) is 0 Å². The van der Waals surface area contributed by atoms with Gasteiger partial charge in [-0.1, -0.05) is 19.1 Å². The monoisotopic (exact) mass is 310 g/mol. The summed E-state index contributed by atoms with van der Waals surface area (Å²) in [6.07, 6.45) is 0.231. The fourth-order valence-electron chi connectivity index (χ4n) is 2.21. The van der Waals surface area contributed by atoms with Gasteiger partial charge in [0.15, 0.2) is 9.84 Å². The van der Waals surface area contributed by atoms with Crippen molar-refractivity contribution < 1.29 is 18.0 Å². The van der Waals surface area contributed by atoms with Gasteiger partial charge in [0.1, 0.15) is 0 Å². The van der Waals surface area contributed by atoms with Crippen molar-refractivity contribution in [2.45, 2.75) is 18.2 Å². The van der Waals surface area contributed by atoms with Crippen LogP contribution < -0.4 is 5.32 Å². The number of nitrogens with one attached hydrogen (secondary N) is 1. The van der Waals surface area contributed by atoms with Gasteiger partial charge in [-0.2, -0.15) is 0 Å². The van der Waals surface area contributed by atoms with E-state index in [-0.39, 0.29) is 34.4 Å². The second kappa shape index (κ2) is 6.26. The van der Waals surface area contributed by atoms with Crippen LogP contribution >= 0.6 is 0 Å². The van der Waals surface area contributed by atoms with Gasteiger partial charge in [0.2, 0.25) is 5.91 Å². The first-order valence-electron chi connectivity index (χ1n) is 6.83. The second-order valence-electron chi connectivity index (χ2n) is 4.79. The van der Waals surface area contributed by atoms with E-state index in [2.05, 4.69) is 5.32 Å². The van der Waals surface area contributed by atoms with Crippen molar-refractivity contribution in [2.24, 2.45) is 0 Å². The highest BCUT2D eigenvalue weighted by atomic mass is 32.2. The molecule has 1 aliphatic rings. The molecule has 0 unspecified atom stereocenters. The Balaban J connectivity index is 2.33. The molecule has 0 bridgehead atoms. The van der Waals surface area contributed by atoms with Crippen LogP contribution in [0.15, 0.2) is 29.2 Å². The molecule has 1 heterocycles. The largest absolute Gasteiger partial charge is 0.354 e.